The van der Waals surface area contributed by atoms with Crippen LogP contribution >= 0.6 is 11.3 Å². The summed E-state index contributed by atoms with van der Waals surface area (Å²) in [6, 6.07) is 150. The number of furan rings is 1. The van der Waals surface area contributed by atoms with Crippen LogP contribution in [-0.4, -0.2) is 43.6 Å². The molecule has 30 rings (SSSR count). The fraction of sp³-hybridized carbons (Fsp3) is 0.0909. The summed E-state index contributed by atoms with van der Waals surface area (Å²) < 4.78 is 16.1. The molecule has 0 saturated carbocycles. The standard InChI is InChI=1S/C46H35N3.C43H29N3O.C43H29N3S/c1-45(2)36-19-11-8-16-31(36)34-27-40-35(26-38(34)45)32-17-10-13-21-39(32)49(40)30-24-22-29(23-25-30)44-47-42(28-14-6-5-7-15-28)41-43(48-44)33-18-9-12-20-37(33)46(41,3)4;2*1-43(2)34-20-9-6-19-31(34)41-39(43)40(26-13-4-3-5-14-26)44-42(45-41)27-15-12-16-28(23-27)46-35-21-10-7-17-29(35)32-25-38-33(24-36(32)46)30-18-8-11-22-37(30)47-38/h5-27H,1-4H3;2*3-25H,1-2H3. The Labute approximate surface area is 830 Å². The van der Waals surface area contributed by atoms with Crippen LogP contribution in [0.2, 0.25) is 0 Å². The minimum Gasteiger partial charge on any atom is -0.456 e. The van der Waals surface area contributed by atoms with Crippen LogP contribution in [0.1, 0.15) is 99.9 Å². The molecule has 4 aliphatic carbocycles. The molecule has 11 heteroatoms. The molecule has 0 amide bonds. The molecule has 10 nitrogen and oxygen atoms in total. The Balaban J connectivity index is 0.000000105. The Morgan fingerprint density at radius 3 is 1.03 bits per heavy atom. The minimum absolute atomic E-state index is 0.0465. The highest BCUT2D eigenvalue weighted by atomic mass is 32.1. The van der Waals surface area contributed by atoms with Crippen LogP contribution in [0.15, 0.2) is 423 Å². The van der Waals surface area contributed by atoms with E-state index in [4.69, 9.17) is 34.3 Å². The number of thiophene rings is 1. The van der Waals surface area contributed by atoms with E-state index in [0.717, 1.165) is 140 Å². The fourth-order valence-corrected chi connectivity index (χ4v) is 25.5. The molecule has 678 valence electrons. The van der Waals surface area contributed by atoms with Gasteiger partial charge >= 0.3 is 0 Å². The molecule has 0 fully saturated rings. The lowest BCUT2D eigenvalue weighted by molar-refractivity contribution is 0.657. The monoisotopic (exact) mass is 1850 g/mol. The maximum absolute atomic E-state index is 6.30. The van der Waals surface area contributed by atoms with Crippen molar-refractivity contribution in [3.05, 3.63) is 463 Å². The third kappa shape index (κ3) is 12.7. The predicted molar refractivity (Wildman–Crippen MR) is 592 cm³/mol. The maximum Gasteiger partial charge on any atom is 0.160 e. The lowest BCUT2D eigenvalue weighted by atomic mass is 9.81. The van der Waals surface area contributed by atoms with Crippen molar-refractivity contribution in [3.63, 3.8) is 0 Å². The number of hydrogen-bond donors (Lipinski definition) is 0. The first-order valence-corrected chi connectivity index (χ1v) is 50.2. The van der Waals surface area contributed by atoms with Gasteiger partial charge in [-0.05, 0) is 154 Å². The molecule has 0 aliphatic heterocycles. The second kappa shape index (κ2) is 31.6. The highest BCUT2D eigenvalue weighted by Crippen LogP contribution is 2.58. The van der Waals surface area contributed by atoms with Crippen molar-refractivity contribution in [2.24, 2.45) is 0 Å². The Hall–Kier alpha value is -17.4. The van der Waals surface area contributed by atoms with Crippen molar-refractivity contribution in [2.45, 2.75) is 77.0 Å². The van der Waals surface area contributed by atoms with Crippen LogP contribution in [0.5, 0.6) is 0 Å². The molecule has 18 aromatic carbocycles. The van der Waals surface area contributed by atoms with Gasteiger partial charge in [-0.3, -0.25) is 0 Å². The van der Waals surface area contributed by atoms with Crippen molar-refractivity contribution in [1.82, 2.24) is 43.6 Å². The van der Waals surface area contributed by atoms with Crippen LogP contribution in [0.4, 0.5) is 0 Å². The molecule has 0 bridgehead atoms. The zero-order valence-corrected chi connectivity index (χ0v) is 81.0. The SMILES string of the molecule is CC1(C)c2ccccc2-c2cc3c(cc21)c1ccccc1n3-c1ccc(-c2nc(-c3ccccc3)c3c(n2)-c2ccccc2C3(C)C)cc1.CC1(C)c2ccccc2-c2nc(-c3cccc(-n4c5ccccc5c5cc6oc7ccccc7c6cc54)c3)nc(-c3ccccc3)c21.CC1(C)c2ccccc2-c2nc(-c3cccc(-n4c5ccccc5c5cc6sc7ccccc7c6cc54)c3)nc(-c3ccccc3)c21. The third-order valence-electron chi connectivity index (χ3n) is 31.1. The van der Waals surface area contributed by atoms with Crippen LogP contribution < -0.4 is 0 Å². The molecule has 0 unspecified atom stereocenters. The van der Waals surface area contributed by atoms with Gasteiger partial charge in [0.15, 0.2) is 17.5 Å². The minimum atomic E-state index is -0.219. The number of fused-ring (bicyclic) bond motifs is 27. The summed E-state index contributed by atoms with van der Waals surface area (Å²) in [5.41, 5.74) is 40.4. The van der Waals surface area contributed by atoms with Gasteiger partial charge in [-0.25, -0.2) is 29.9 Å². The van der Waals surface area contributed by atoms with Gasteiger partial charge in [0.25, 0.3) is 0 Å². The summed E-state index contributed by atoms with van der Waals surface area (Å²) in [5, 5.41) is 12.3. The van der Waals surface area contributed by atoms with Crippen molar-refractivity contribution in [2.75, 3.05) is 0 Å². The van der Waals surface area contributed by atoms with Crippen molar-refractivity contribution < 1.29 is 4.42 Å². The van der Waals surface area contributed by atoms with Gasteiger partial charge in [0.2, 0.25) is 0 Å². The first-order chi connectivity index (χ1) is 69.9. The Bertz CT molecular complexity index is 9480. The molecule has 0 spiro atoms. The third-order valence-corrected chi connectivity index (χ3v) is 32.3. The van der Waals surface area contributed by atoms with Crippen molar-refractivity contribution in [3.8, 4) is 130 Å². The number of aromatic nitrogens is 9. The molecule has 4 aliphatic rings. The first-order valence-electron chi connectivity index (χ1n) is 49.4. The van der Waals surface area contributed by atoms with Gasteiger partial charge in [-0.15, -0.1) is 11.3 Å². The van der Waals surface area contributed by atoms with E-state index in [9.17, 15) is 0 Å². The quantitative estimate of drug-likeness (QED) is 0.142. The highest BCUT2D eigenvalue weighted by Gasteiger charge is 2.44. The first kappa shape index (κ1) is 83.8. The van der Waals surface area contributed by atoms with Gasteiger partial charge in [0, 0.05) is 169 Å². The number of para-hydroxylation sites is 4. The normalized spacial score (nSPS) is 14.0. The van der Waals surface area contributed by atoms with Crippen molar-refractivity contribution >= 4 is 119 Å². The zero-order valence-electron chi connectivity index (χ0n) is 80.2. The second-order valence-corrected chi connectivity index (χ2v) is 41.8. The Morgan fingerprint density at radius 1 is 0.196 bits per heavy atom. The molecule has 143 heavy (non-hydrogen) atoms. The average Bonchev–Trinajstić information content (AvgIpc) is 1.56. The Morgan fingerprint density at radius 2 is 0.552 bits per heavy atom. The van der Waals surface area contributed by atoms with Crippen molar-refractivity contribution in [1.29, 1.82) is 0 Å². The molecular weight excluding hydrogens is 1760 g/mol. The zero-order chi connectivity index (χ0) is 95.6. The van der Waals surface area contributed by atoms with Gasteiger partial charge in [0.05, 0.1) is 67.3 Å². The lowest BCUT2D eigenvalue weighted by Gasteiger charge is -2.23. The van der Waals surface area contributed by atoms with Gasteiger partial charge in [-0.1, -0.05) is 359 Å². The van der Waals surface area contributed by atoms with Gasteiger partial charge in [-0.2, -0.15) is 0 Å². The van der Waals surface area contributed by atoms with Crippen LogP contribution in [-0.2, 0) is 21.7 Å². The summed E-state index contributed by atoms with van der Waals surface area (Å²) in [5.74, 6) is 2.21. The summed E-state index contributed by atoms with van der Waals surface area (Å²) in [6.07, 6.45) is 0. The summed E-state index contributed by atoms with van der Waals surface area (Å²) in [7, 11) is 0. The predicted octanol–water partition coefficient (Wildman–Crippen LogP) is 34.2. The molecule has 8 heterocycles. The van der Waals surface area contributed by atoms with Gasteiger partial charge in [0.1, 0.15) is 11.2 Å². The van der Waals surface area contributed by atoms with E-state index in [2.05, 4.69) is 476 Å². The molecule has 8 aromatic heterocycles. The Kier molecular flexibility index (Phi) is 18.5. The highest BCUT2D eigenvalue weighted by molar-refractivity contribution is 7.25. The van der Waals surface area contributed by atoms with Crippen LogP contribution in [0.25, 0.3) is 237 Å². The lowest BCUT2D eigenvalue weighted by Crippen LogP contribution is -2.17. The maximum atomic E-state index is 6.30. The topological polar surface area (TPSA) is 105 Å². The van der Waals surface area contributed by atoms with E-state index in [1.807, 2.05) is 23.5 Å². The molecule has 26 aromatic rings. The van der Waals surface area contributed by atoms with Gasteiger partial charge < -0.3 is 18.1 Å². The number of hydrogen-bond acceptors (Lipinski definition) is 8. The molecular formula is C132H93N9OS. The summed E-state index contributed by atoms with van der Waals surface area (Å²) in [6.45, 7) is 18.5. The summed E-state index contributed by atoms with van der Waals surface area (Å²) >= 11 is 1.87. The molecule has 0 saturated heterocycles. The van der Waals surface area contributed by atoms with E-state index in [-0.39, 0.29) is 21.7 Å². The molecule has 0 N–H and O–H groups in total. The number of rotatable bonds is 9. The van der Waals surface area contributed by atoms with Crippen LogP contribution in [0.3, 0.4) is 0 Å². The smallest absolute Gasteiger partial charge is 0.160 e. The van der Waals surface area contributed by atoms with E-state index in [0.29, 0.717) is 0 Å². The molecule has 0 atom stereocenters. The van der Waals surface area contributed by atoms with Crippen LogP contribution in [0, 0.1) is 0 Å². The number of nitrogens with zero attached hydrogens (tertiary/aromatic N) is 9. The van der Waals surface area contributed by atoms with E-state index >= 15 is 0 Å². The van der Waals surface area contributed by atoms with E-state index < -0.39 is 0 Å². The average molecular weight is 1850 g/mol. The van der Waals surface area contributed by atoms with E-state index in [1.54, 1.807) is 0 Å². The molecule has 0 radical (unpaired) electrons. The fourth-order valence-electron chi connectivity index (χ4n) is 24.4. The van der Waals surface area contributed by atoms with E-state index in [1.165, 1.54) is 141 Å². The number of benzene rings is 18. The largest absolute Gasteiger partial charge is 0.456 e. The summed E-state index contributed by atoms with van der Waals surface area (Å²) in [4.78, 5) is 32.0. The second-order valence-electron chi connectivity index (χ2n) is 40.7.